The van der Waals surface area contributed by atoms with Crippen LogP contribution in [0.15, 0.2) is 22.7 Å². The van der Waals surface area contributed by atoms with E-state index in [1.807, 2.05) is 32.0 Å². The van der Waals surface area contributed by atoms with Crippen LogP contribution >= 0.6 is 15.9 Å². The minimum absolute atomic E-state index is 0.0525. The lowest BCUT2D eigenvalue weighted by Crippen LogP contribution is -2.62. The topological polar surface area (TPSA) is 58.4 Å². The first-order chi connectivity index (χ1) is 8.46. The van der Waals surface area contributed by atoms with E-state index in [4.69, 9.17) is 5.73 Å². The lowest BCUT2D eigenvalue weighted by Gasteiger charge is -2.43. The summed E-state index contributed by atoms with van der Waals surface area (Å²) in [5, 5.41) is 2.90. The molecule has 0 aliphatic carbocycles. The van der Waals surface area contributed by atoms with Gasteiger partial charge >= 0.3 is 0 Å². The molecule has 1 heterocycles. The number of nitrogens with zero attached hydrogens (tertiary/aromatic N) is 1. The summed E-state index contributed by atoms with van der Waals surface area (Å²) in [5.41, 5.74) is 7.33. The number of nitrogens with two attached hydrogens (primary N) is 1. The lowest BCUT2D eigenvalue weighted by molar-refractivity contribution is -0.126. The Hall–Kier alpha value is -1.07. The van der Waals surface area contributed by atoms with Crippen molar-refractivity contribution in [3.8, 4) is 0 Å². The van der Waals surface area contributed by atoms with Gasteiger partial charge in [-0.05, 0) is 31.5 Å². The number of carbonyl (C=O) groups is 1. The van der Waals surface area contributed by atoms with E-state index < -0.39 is 5.54 Å². The maximum Gasteiger partial charge on any atom is 0.245 e. The summed E-state index contributed by atoms with van der Waals surface area (Å²) in [6, 6.07) is 6.01. The molecule has 0 bridgehead atoms. The van der Waals surface area contributed by atoms with Gasteiger partial charge in [-0.2, -0.15) is 0 Å². The summed E-state index contributed by atoms with van der Waals surface area (Å²) in [7, 11) is 0. The molecule has 5 heteroatoms. The van der Waals surface area contributed by atoms with Crippen LogP contribution in [0.2, 0.25) is 0 Å². The predicted molar refractivity (Wildman–Crippen MR) is 76.5 cm³/mol. The number of piperazine rings is 1. The zero-order valence-corrected chi connectivity index (χ0v) is 12.3. The molecule has 1 aliphatic heterocycles. The Labute approximate surface area is 116 Å². The van der Waals surface area contributed by atoms with Crippen molar-refractivity contribution in [3.63, 3.8) is 0 Å². The minimum Gasteiger partial charge on any atom is -0.355 e. The Morgan fingerprint density at radius 3 is 2.89 bits per heavy atom. The highest BCUT2D eigenvalue weighted by atomic mass is 79.9. The molecular formula is C13H18BrN3O. The third-order valence-electron chi connectivity index (χ3n) is 3.41. The number of hydrogen-bond donors (Lipinski definition) is 2. The molecule has 3 N–H and O–H groups in total. The molecule has 0 spiro atoms. The van der Waals surface area contributed by atoms with E-state index in [0.717, 1.165) is 22.3 Å². The lowest BCUT2D eigenvalue weighted by atomic mass is 9.96. The standard InChI is InChI=1S/C13H18BrN3O/c1-13(2)12(18)16-5-6-17(13)11-7-10(14)4-3-9(11)8-15/h3-4,7H,5-6,8,15H2,1-2H3,(H,16,18). The normalized spacial score (nSPS) is 18.7. The van der Waals surface area contributed by atoms with Crippen molar-refractivity contribution in [2.45, 2.75) is 25.9 Å². The van der Waals surface area contributed by atoms with Crippen LogP contribution in [-0.2, 0) is 11.3 Å². The van der Waals surface area contributed by atoms with Crippen LogP contribution in [0.3, 0.4) is 0 Å². The molecule has 1 aromatic carbocycles. The van der Waals surface area contributed by atoms with Gasteiger partial charge in [-0.25, -0.2) is 0 Å². The number of hydrogen-bond acceptors (Lipinski definition) is 3. The first-order valence-electron chi connectivity index (χ1n) is 6.01. The molecule has 0 saturated carbocycles. The van der Waals surface area contributed by atoms with Gasteiger partial charge in [0.15, 0.2) is 0 Å². The third-order valence-corrected chi connectivity index (χ3v) is 3.90. The average molecular weight is 312 g/mol. The van der Waals surface area contributed by atoms with E-state index in [2.05, 4.69) is 26.1 Å². The van der Waals surface area contributed by atoms with Gasteiger partial charge in [0, 0.05) is 29.8 Å². The van der Waals surface area contributed by atoms with Gasteiger partial charge in [0.2, 0.25) is 5.91 Å². The van der Waals surface area contributed by atoms with Gasteiger partial charge in [0.1, 0.15) is 5.54 Å². The molecule has 0 unspecified atom stereocenters. The molecule has 0 radical (unpaired) electrons. The van der Waals surface area contributed by atoms with Crippen LogP contribution in [0.5, 0.6) is 0 Å². The van der Waals surface area contributed by atoms with Gasteiger partial charge < -0.3 is 16.0 Å². The highest BCUT2D eigenvalue weighted by Crippen LogP contribution is 2.31. The molecule has 1 aliphatic rings. The number of carbonyl (C=O) groups excluding carboxylic acids is 1. The monoisotopic (exact) mass is 311 g/mol. The highest BCUT2D eigenvalue weighted by Gasteiger charge is 2.38. The van der Waals surface area contributed by atoms with Crippen LogP contribution < -0.4 is 16.0 Å². The Morgan fingerprint density at radius 2 is 2.22 bits per heavy atom. The minimum atomic E-state index is -0.553. The van der Waals surface area contributed by atoms with E-state index in [-0.39, 0.29) is 5.91 Å². The molecule has 1 amide bonds. The van der Waals surface area contributed by atoms with Gasteiger partial charge in [0.25, 0.3) is 0 Å². The summed E-state index contributed by atoms with van der Waals surface area (Å²) < 4.78 is 0.997. The van der Waals surface area contributed by atoms with Crippen LogP contribution in [0, 0.1) is 0 Å². The highest BCUT2D eigenvalue weighted by molar-refractivity contribution is 9.10. The van der Waals surface area contributed by atoms with Crippen molar-refractivity contribution in [1.82, 2.24) is 5.32 Å². The molecule has 18 heavy (non-hydrogen) atoms. The van der Waals surface area contributed by atoms with Gasteiger partial charge in [0.05, 0.1) is 0 Å². The fourth-order valence-corrected chi connectivity index (χ4v) is 2.63. The zero-order valence-electron chi connectivity index (χ0n) is 10.7. The number of nitrogens with one attached hydrogen (secondary N) is 1. The van der Waals surface area contributed by atoms with Crippen LogP contribution in [-0.4, -0.2) is 24.5 Å². The average Bonchev–Trinajstić information content (AvgIpc) is 2.32. The fourth-order valence-electron chi connectivity index (χ4n) is 2.28. The van der Waals surface area contributed by atoms with Crippen molar-refractivity contribution < 1.29 is 4.79 Å². The summed E-state index contributed by atoms with van der Waals surface area (Å²) in [4.78, 5) is 14.1. The Kier molecular flexibility index (Phi) is 3.64. The second-order valence-electron chi connectivity index (χ2n) is 4.94. The number of rotatable bonds is 2. The molecule has 1 aromatic rings. The van der Waals surface area contributed by atoms with E-state index in [1.54, 1.807) is 0 Å². The second-order valence-corrected chi connectivity index (χ2v) is 5.86. The summed E-state index contributed by atoms with van der Waals surface area (Å²) in [6.07, 6.45) is 0. The quantitative estimate of drug-likeness (QED) is 0.872. The second kappa shape index (κ2) is 4.90. The summed E-state index contributed by atoms with van der Waals surface area (Å²) >= 11 is 3.48. The fraction of sp³-hybridized carbons (Fsp3) is 0.462. The van der Waals surface area contributed by atoms with Crippen molar-refractivity contribution in [2.24, 2.45) is 5.73 Å². The maximum absolute atomic E-state index is 12.0. The Morgan fingerprint density at radius 1 is 1.50 bits per heavy atom. The van der Waals surface area contributed by atoms with Crippen molar-refractivity contribution >= 4 is 27.5 Å². The SMILES string of the molecule is CC1(C)C(=O)NCCN1c1cc(Br)ccc1CN. The van der Waals surface area contributed by atoms with E-state index in [1.165, 1.54) is 0 Å². The van der Waals surface area contributed by atoms with Crippen LogP contribution in [0.4, 0.5) is 5.69 Å². The van der Waals surface area contributed by atoms with Gasteiger partial charge in [-0.3, -0.25) is 4.79 Å². The predicted octanol–water partition coefficient (Wildman–Crippen LogP) is 1.62. The number of halogens is 1. The van der Waals surface area contributed by atoms with Crippen LogP contribution in [0.1, 0.15) is 19.4 Å². The zero-order chi connectivity index (χ0) is 13.3. The number of anilines is 1. The summed E-state index contributed by atoms with van der Waals surface area (Å²) in [5.74, 6) is 0.0525. The molecule has 2 rings (SSSR count). The Balaban J connectivity index is 2.46. The van der Waals surface area contributed by atoms with E-state index in [9.17, 15) is 4.79 Å². The van der Waals surface area contributed by atoms with Crippen molar-refractivity contribution in [3.05, 3.63) is 28.2 Å². The first-order valence-corrected chi connectivity index (χ1v) is 6.80. The molecule has 4 nitrogen and oxygen atoms in total. The molecule has 98 valence electrons. The van der Waals surface area contributed by atoms with Gasteiger partial charge in [-0.15, -0.1) is 0 Å². The molecule has 1 saturated heterocycles. The number of amides is 1. The third kappa shape index (κ3) is 2.24. The smallest absolute Gasteiger partial charge is 0.245 e. The first kappa shape index (κ1) is 13.4. The van der Waals surface area contributed by atoms with Gasteiger partial charge in [-0.1, -0.05) is 22.0 Å². The Bertz CT molecular complexity index is 473. The maximum atomic E-state index is 12.0. The molecular weight excluding hydrogens is 294 g/mol. The number of benzene rings is 1. The van der Waals surface area contributed by atoms with E-state index in [0.29, 0.717) is 13.1 Å². The van der Waals surface area contributed by atoms with E-state index >= 15 is 0 Å². The molecule has 1 fully saturated rings. The summed E-state index contributed by atoms with van der Waals surface area (Å²) in [6.45, 7) is 5.79. The van der Waals surface area contributed by atoms with Crippen molar-refractivity contribution in [1.29, 1.82) is 0 Å². The molecule has 0 atom stereocenters. The van der Waals surface area contributed by atoms with Crippen molar-refractivity contribution in [2.75, 3.05) is 18.0 Å². The largest absolute Gasteiger partial charge is 0.355 e. The molecule has 0 aromatic heterocycles. The van der Waals surface area contributed by atoms with Crippen LogP contribution in [0.25, 0.3) is 0 Å².